The van der Waals surface area contributed by atoms with Crippen molar-refractivity contribution >= 4 is 0 Å². The van der Waals surface area contributed by atoms with E-state index in [-0.39, 0.29) is 0 Å². The SMILES string of the molecule is C=C=C(C)C=C(C)C=C(C)C. The lowest BCUT2D eigenvalue weighted by atomic mass is 10.1. The number of hydrogen-bond donors (Lipinski definition) is 0. The Morgan fingerprint density at radius 2 is 1.64 bits per heavy atom. The summed E-state index contributed by atoms with van der Waals surface area (Å²) in [5.74, 6) is 0. The molecule has 0 aliphatic carbocycles. The van der Waals surface area contributed by atoms with Crippen molar-refractivity contribution in [3.8, 4) is 0 Å². The Bertz CT molecular complexity index is 229. The van der Waals surface area contributed by atoms with Crippen molar-refractivity contribution in [2.75, 3.05) is 0 Å². The van der Waals surface area contributed by atoms with E-state index >= 15 is 0 Å². The molecule has 0 aromatic heterocycles. The van der Waals surface area contributed by atoms with E-state index in [1.165, 1.54) is 11.1 Å². The summed E-state index contributed by atoms with van der Waals surface area (Å²) in [5, 5.41) is 0. The highest BCUT2D eigenvalue weighted by atomic mass is 13.9. The molecule has 0 fully saturated rings. The molecule has 0 unspecified atom stereocenters. The monoisotopic (exact) mass is 148 g/mol. The fraction of sp³-hybridized carbons (Fsp3) is 0.364. The molecule has 0 aromatic rings. The van der Waals surface area contributed by atoms with Crippen LogP contribution in [0.15, 0.2) is 41.2 Å². The summed E-state index contributed by atoms with van der Waals surface area (Å²) in [5.41, 5.74) is 6.48. The quantitative estimate of drug-likeness (QED) is 0.414. The van der Waals surface area contributed by atoms with Gasteiger partial charge in [-0.1, -0.05) is 23.8 Å². The molecule has 0 saturated heterocycles. The molecule has 0 atom stereocenters. The van der Waals surface area contributed by atoms with Crippen molar-refractivity contribution < 1.29 is 0 Å². The van der Waals surface area contributed by atoms with E-state index in [1.54, 1.807) is 0 Å². The molecule has 0 heterocycles. The molecule has 0 spiro atoms. The highest BCUT2D eigenvalue weighted by molar-refractivity contribution is 5.28. The lowest BCUT2D eigenvalue weighted by molar-refractivity contribution is 1.34. The van der Waals surface area contributed by atoms with Crippen molar-refractivity contribution in [1.29, 1.82) is 0 Å². The summed E-state index contributed by atoms with van der Waals surface area (Å²) in [6.45, 7) is 11.8. The van der Waals surface area contributed by atoms with Gasteiger partial charge in [0.2, 0.25) is 0 Å². The number of rotatable bonds is 2. The van der Waals surface area contributed by atoms with Gasteiger partial charge < -0.3 is 0 Å². The number of allylic oxidation sites excluding steroid dienone is 5. The third kappa shape index (κ3) is 5.44. The van der Waals surface area contributed by atoms with Crippen molar-refractivity contribution in [1.82, 2.24) is 0 Å². The molecular formula is C11H16. The Morgan fingerprint density at radius 1 is 1.09 bits per heavy atom. The first-order valence-corrected chi connectivity index (χ1v) is 3.76. The summed E-state index contributed by atoms with van der Waals surface area (Å²) < 4.78 is 0. The van der Waals surface area contributed by atoms with E-state index in [4.69, 9.17) is 0 Å². The second-order valence-corrected chi connectivity index (χ2v) is 2.97. The summed E-state index contributed by atoms with van der Waals surface area (Å²) in [7, 11) is 0. The first-order chi connectivity index (χ1) is 5.06. The lowest BCUT2D eigenvalue weighted by Gasteiger charge is -1.93. The summed E-state index contributed by atoms with van der Waals surface area (Å²) in [6, 6.07) is 0. The van der Waals surface area contributed by atoms with Gasteiger partial charge in [0, 0.05) is 0 Å². The minimum Gasteiger partial charge on any atom is -0.125 e. The van der Waals surface area contributed by atoms with Crippen LogP contribution in [0, 0.1) is 0 Å². The zero-order valence-corrected chi connectivity index (χ0v) is 7.86. The van der Waals surface area contributed by atoms with Crippen molar-refractivity contribution in [2.24, 2.45) is 0 Å². The van der Waals surface area contributed by atoms with Gasteiger partial charge in [0.05, 0.1) is 0 Å². The van der Waals surface area contributed by atoms with Crippen molar-refractivity contribution in [3.05, 3.63) is 41.2 Å². The average Bonchev–Trinajstić information content (AvgIpc) is 1.85. The average molecular weight is 148 g/mol. The Balaban J connectivity index is 4.48. The fourth-order valence-electron chi connectivity index (χ4n) is 0.890. The van der Waals surface area contributed by atoms with Gasteiger partial charge in [0.1, 0.15) is 0 Å². The summed E-state index contributed by atoms with van der Waals surface area (Å²) in [4.78, 5) is 0. The van der Waals surface area contributed by atoms with Gasteiger partial charge in [-0.25, -0.2) is 0 Å². The Labute approximate surface area is 69.6 Å². The molecule has 0 saturated carbocycles. The molecule has 11 heavy (non-hydrogen) atoms. The molecule has 0 heteroatoms. The van der Waals surface area contributed by atoms with Crippen LogP contribution in [0.5, 0.6) is 0 Å². The van der Waals surface area contributed by atoms with E-state index in [9.17, 15) is 0 Å². The van der Waals surface area contributed by atoms with Gasteiger partial charge in [0.15, 0.2) is 0 Å². The molecule has 0 aromatic carbocycles. The minimum atomic E-state index is 1.08. The van der Waals surface area contributed by atoms with Crippen molar-refractivity contribution in [3.63, 3.8) is 0 Å². The topological polar surface area (TPSA) is 0 Å². The predicted octanol–water partition coefficient (Wildman–Crippen LogP) is 3.63. The van der Waals surface area contributed by atoms with Crippen LogP contribution in [0.4, 0.5) is 0 Å². The smallest absolute Gasteiger partial charge is 0.00950 e. The molecule has 0 N–H and O–H groups in total. The maximum Gasteiger partial charge on any atom is -0.00950 e. The maximum atomic E-state index is 3.57. The van der Waals surface area contributed by atoms with Crippen LogP contribution in [0.25, 0.3) is 0 Å². The van der Waals surface area contributed by atoms with Gasteiger partial charge in [0.25, 0.3) is 0 Å². The van der Waals surface area contributed by atoms with Crippen LogP contribution in [-0.2, 0) is 0 Å². The van der Waals surface area contributed by atoms with Gasteiger partial charge in [-0.15, -0.1) is 5.73 Å². The predicted molar refractivity (Wildman–Crippen MR) is 51.5 cm³/mol. The van der Waals surface area contributed by atoms with Crippen LogP contribution >= 0.6 is 0 Å². The lowest BCUT2D eigenvalue weighted by Crippen LogP contribution is -1.72. The highest BCUT2D eigenvalue weighted by Gasteiger charge is 1.83. The first kappa shape index (κ1) is 10.0. The second-order valence-electron chi connectivity index (χ2n) is 2.97. The van der Waals surface area contributed by atoms with Crippen LogP contribution in [0.1, 0.15) is 27.7 Å². The molecule has 0 bridgehead atoms. The van der Waals surface area contributed by atoms with E-state index in [1.807, 2.05) is 6.92 Å². The second kappa shape index (κ2) is 4.76. The zero-order chi connectivity index (χ0) is 8.85. The molecule has 0 amide bonds. The largest absolute Gasteiger partial charge is 0.125 e. The maximum absolute atomic E-state index is 3.57. The van der Waals surface area contributed by atoms with E-state index in [0.717, 1.165) is 5.57 Å². The number of hydrogen-bond acceptors (Lipinski definition) is 0. The Kier molecular flexibility index (Phi) is 4.33. The first-order valence-electron chi connectivity index (χ1n) is 3.76. The highest BCUT2D eigenvalue weighted by Crippen LogP contribution is 2.04. The third-order valence-corrected chi connectivity index (χ3v) is 1.24. The molecular weight excluding hydrogens is 132 g/mol. The normalized spacial score (nSPS) is 10.4. The molecule has 0 rings (SSSR count). The van der Waals surface area contributed by atoms with Gasteiger partial charge >= 0.3 is 0 Å². The van der Waals surface area contributed by atoms with Crippen LogP contribution in [-0.4, -0.2) is 0 Å². The van der Waals surface area contributed by atoms with Gasteiger partial charge in [-0.3, -0.25) is 0 Å². The van der Waals surface area contributed by atoms with Crippen LogP contribution < -0.4 is 0 Å². The van der Waals surface area contributed by atoms with E-state index in [2.05, 4.69) is 45.2 Å². The van der Waals surface area contributed by atoms with E-state index in [0.29, 0.717) is 0 Å². The summed E-state index contributed by atoms with van der Waals surface area (Å²) in [6.07, 6.45) is 4.21. The Hall–Kier alpha value is -1.00. The van der Waals surface area contributed by atoms with Crippen molar-refractivity contribution in [2.45, 2.75) is 27.7 Å². The fourth-order valence-corrected chi connectivity index (χ4v) is 0.890. The standard InChI is InChI=1S/C11H16/c1-6-10(4)8-11(5)7-9(2)3/h7-8H,1H2,2-5H3. The molecule has 0 nitrogen and oxygen atoms in total. The molecule has 0 aliphatic rings. The third-order valence-electron chi connectivity index (χ3n) is 1.24. The molecule has 0 aliphatic heterocycles. The Morgan fingerprint density at radius 3 is 2.00 bits per heavy atom. The van der Waals surface area contributed by atoms with Gasteiger partial charge in [-0.05, 0) is 39.3 Å². The molecule has 0 radical (unpaired) electrons. The minimum absolute atomic E-state index is 1.08. The van der Waals surface area contributed by atoms with Gasteiger partial charge in [-0.2, -0.15) is 0 Å². The summed E-state index contributed by atoms with van der Waals surface area (Å²) >= 11 is 0. The van der Waals surface area contributed by atoms with Crippen LogP contribution in [0.3, 0.4) is 0 Å². The van der Waals surface area contributed by atoms with E-state index < -0.39 is 0 Å². The zero-order valence-electron chi connectivity index (χ0n) is 7.86. The molecule has 60 valence electrons. The van der Waals surface area contributed by atoms with Crippen LogP contribution in [0.2, 0.25) is 0 Å².